The Kier molecular flexibility index (Phi) is 7.37. The Labute approximate surface area is 86.4 Å². The molecule has 0 nitrogen and oxygen atoms in total. The van der Waals surface area contributed by atoms with Crippen molar-refractivity contribution in [2.75, 3.05) is 0 Å². The molecule has 0 amide bonds. The van der Waals surface area contributed by atoms with Crippen LogP contribution in [0, 0.1) is 0 Å². The van der Waals surface area contributed by atoms with Gasteiger partial charge < -0.3 is 0 Å². The minimum Gasteiger partial charge on any atom is -0.214 e. The molecule has 52 valence electrons. The van der Waals surface area contributed by atoms with Gasteiger partial charge in [-0.1, -0.05) is 0 Å². The number of rotatable bonds is 0. The van der Waals surface area contributed by atoms with Crippen molar-refractivity contribution in [1.29, 1.82) is 0 Å². The first kappa shape index (κ1) is 10.6. The van der Waals surface area contributed by atoms with Gasteiger partial charge in [0.1, 0.15) is 0 Å². The summed E-state index contributed by atoms with van der Waals surface area (Å²) in [6.45, 7) is 0. The minimum atomic E-state index is 0. The van der Waals surface area contributed by atoms with Gasteiger partial charge in [-0.25, -0.2) is 24.3 Å². The van der Waals surface area contributed by atoms with Crippen molar-refractivity contribution in [1.82, 2.24) is 0 Å². The second-order valence-corrected chi connectivity index (χ2v) is 1.92. The average Bonchev–Trinajstić information content (AvgIpc) is 2.67. The molecule has 2 rings (SSSR count). The molecule has 0 aromatic heterocycles. The van der Waals surface area contributed by atoms with Crippen LogP contribution in [0.25, 0.3) is 0 Å². The van der Waals surface area contributed by atoms with Crippen molar-refractivity contribution in [2.24, 2.45) is 0 Å². The van der Waals surface area contributed by atoms with E-state index in [1.165, 1.54) is 0 Å². The normalized spacial score (nSPS) is 7.27. The van der Waals surface area contributed by atoms with Gasteiger partial charge in [0.25, 0.3) is 0 Å². The predicted octanol–water partition coefficient (Wildman–Crippen LogP) is 2.81. The molecule has 0 spiro atoms. The van der Waals surface area contributed by atoms with Crippen molar-refractivity contribution < 1.29 is 25.8 Å². The Balaban J connectivity index is 0.000000167. The van der Waals surface area contributed by atoms with E-state index in [0.717, 1.165) is 0 Å². The van der Waals surface area contributed by atoms with Crippen molar-refractivity contribution in [2.45, 2.75) is 0 Å². The van der Waals surface area contributed by atoms with Crippen LogP contribution in [0.15, 0.2) is 60.7 Å². The van der Waals surface area contributed by atoms with Gasteiger partial charge in [-0.15, -0.1) is 0 Å². The van der Waals surface area contributed by atoms with Crippen LogP contribution in [0.4, 0.5) is 0 Å². The molecular weight excluding hydrogens is 299 g/mol. The topological polar surface area (TPSA) is 0 Å². The fourth-order valence-electron chi connectivity index (χ4n) is 0.642. The Morgan fingerprint density at radius 2 is 0.818 bits per heavy atom. The maximum absolute atomic E-state index is 2.00. The van der Waals surface area contributed by atoms with Crippen molar-refractivity contribution in [3.8, 4) is 0 Å². The molecule has 0 bridgehead atoms. The first-order valence-electron chi connectivity index (χ1n) is 3.33. The first-order valence-corrected chi connectivity index (χ1v) is 3.33. The van der Waals surface area contributed by atoms with Crippen LogP contribution in [0.3, 0.4) is 0 Å². The largest absolute Gasteiger partial charge is 4.00 e. The second-order valence-electron chi connectivity index (χ2n) is 1.92. The Morgan fingerprint density at radius 3 is 0.909 bits per heavy atom. The predicted molar refractivity (Wildman–Crippen MR) is 44.1 cm³/mol. The fourth-order valence-corrected chi connectivity index (χ4v) is 0.642. The summed E-state index contributed by atoms with van der Waals surface area (Å²) in [7, 11) is 0. The van der Waals surface area contributed by atoms with Gasteiger partial charge in [0.05, 0.1) is 0 Å². The van der Waals surface area contributed by atoms with Crippen molar-refractivity contribution in [3.63, 3.8) is 0 Å². The molecule has 0 radical (unpaired) electrons. The molecule has 11 heavy (non-hydrogen) atoms. The number of hydrogen-bond donors (Lipinski definition) is 0. The number of hydrogen-bond acceptors (Lipinski definition) is 0. The van der Waals surface area contributed by atoms with E-state index in [9.17, 15) is 0 Å². The third-order valence-electron chi connectivity index (χ3n) is 1.11. The zero-order chi connectivity index (χ0) is 7.07. The summed E-state index contributed by atoms with van der Waals surface area (Å²) >= 11 is 0. The van der Waals surface area contributed by atoms with Gasteiger partial charge in [-0.3, -0.25) is 0 Å². The van der Waals surface area contributed by atoms with E-state index >= 15 is 0 Å². The Bertz CT molecular complexity index is 144. The summed E-state index contributed by atoms with van der Waals surface area (Å²) < 4.78 is 0. The molecule has 0 unspecified atom stereocenters. The van der Waals surface area contributed by atoms with E-state index in [0.29, 0.717) is 0 Å². The van der Waals surface area contributed by atoms with Crippen LogP contribution in [-0.4, -0.2) is 0 Å². The van der Waals surface area contributed by atoms with Crippen molar-refractivity contribution in [3.05, 3.63) is 60.7 Å². The maximum Gasteiger partial charge on any atom is 4.00 e. The standard InChI is InChI=1S/2C5H5.Hf/c2*1-2-4-5-3-1;/h2*1-5H;/q2*-1;+4. The van der Waals surface area contributed by atoms with Crippen LogP contribution in [0.1, 0.15) is 0 Å². The SMILES string of the molecule is [Hf+4].c1cc[cH-]c1.c1cc[cH-]c1. The molecule has 0 aliphatic heterocycles. The van der Waals surface area contributed by atoms with Gasteiger partial charge in [-0.2, -0.15) is 36.4 Å². The van der Waals surface area contributed by atoms with Crippen LogP contribution < -0.4 is 0 Å². The summed E-state index contributed by atoms with van der Waals surface area (Å²) in [5.74, 6) is 0. The molecular formula is C10H10Hf+2. The monoisotopic (exact) mass is 310 g/mol. The van der Waals surface area contributed by atoms with E-state index in [-0.39, 0.29) is 25.8 Å². The van der Waals surface area contributed by atoms with Crippen LogP contribution in [0.2, 0.25) is 0 Å². The third kappa shape index (κ3) is 5.99. The summed E-state index contributed by atoms with van der Waals surface area (Å²) in [5.41, 5.74) is 0. The quantitative estimate of drug-likeness (QED) is 0.518. The smallest absolute Gasteiger partial charge is 0.214 e. The van der Waals surface area contributed by atoms with Crippen LogP contribution >= 0.6 is 0 Å². The first-order chi connectivity index (χ1) is 5.00. The molecule has 2 aromatic rings. The summed E-state index contributed by atoms with van der Waals surface area (Å²) in [6, 6.07) is 20.0. The average molecular weight is 309 g/mol. The summed E-state index contributed by atoms with van der Waals surface area (Å²) in [5, 5.41) is 0. The van der Waals surface area contributed by atoms with E-state index < -0.39 is 0 Å². The van der Waals surface area contributed by atoms with Gasteiger partial charge in [0.2, 0.25) is 0 Å². The third-order valence-corrected chi connectivity index (χ3v) is 1.11. The molecule has 2 aromatic carbocycles. The molecule has 0 N–H and O–H groups in total. The molecule has 0 aliphatic carbocycles. The van der Waals surface area contributed by atoms with Gasteiger partial charge in [0.15, 0.2) is 0 Å². The zero-order valence-corrected chi connectivity index (χ0v) is 9.87. The van der Waals surface area contributed by atoms with E-state index in [1.54, 1.807) is 0 Å². The van der Waals surface area contributed by atoms with Crippen LogP contribution in [0.5, 0.6) is 0 Å². The minimum absolute atomic E-state index is 0. The van der Waals surface area contributed by atoms with E-state index in [1.807, 2.05) is 60.7 Å². The second kappa shape index (κ2) is 7.67. The zero-order valence-electron chi connectivity index (χ0n) is 6.27. The molecule has 0 saturated heterocycles. The van der Waals surface area contributed by atoms with E-state index in [4.69, 9.17) is 0 Å². The van der Waals surface area contributed by atoms with Gasteiger partial charge >= 0.3 is 25.8 Å². The Hall–Kier alpha value is -0.430. The van der Waals surface area contributed by atoms with Gasteiger partial charge in [0, 0.05) is 0 Å². The Morgan fingerprint density at radius 1 is 0.545 bits per heavy atom. The molecule has 0 aliphatic rings. The van der Waals surface area contributed by atoms with Crippen LogP contribution in [-0.2, 0) is 25.8 Å². The fraction of sp³-hybridized carbons (Fsp3) is 0. The maximum atomic E-state index is 2.00. The molecule has 1 heteroatoms. The van der Waals surface area contributed by atoms with Crippen molar-refractivity contribution >= 4 is 0 Å². The molecule has 0 fully saturated rings. The molecule has 0 atom stereocenters. The molecule has 0 heterocycles. The van der Waals surface area contributed by atoms with E-state index in [2.05, 4.69) is 0 Å². The molecule has 0 saturated carbocycles. The summed E-state index contributed by atoms with van der Waals surface area (Å²) in [6.07, 6.45) is 0. The van der Waals surface area contributed by atoms with Gasteiger partial charge in [-0.05, 0) is 0 Å². The summed E-state index contributed by atoms with van der Waals surface area (Å²) in [4.78, 5) is 0.